The van der Waals surface area contributed by atoms with Crippen molar-refractivity contribution >= 4 is 17.3 Å². The molecule has 0 bridgehead atoms. The number of benzene rings is 1. The fourth-order valence-corrected chi connectivity index (χ4v) is 2.04. The molecule has 0 atom stereocenters. The van der Waals surface area contributed by atoms with E-state index in [0.717, 1.165) is 28.0 Å². The number of fused-ring (bicyclic) bond motifs is 1. The average molecular weight is 239 g/mol. The largest absolute Gasteiger partial charge is 0.399 e. The summed E-state index contributed by atoms with van der Waals surface area (Å²) in [5.41, 5.74) is 16.0. The highest BCUT2D eigenvalue weighted by molar-refractivity contribution is 5.69. The van der Waals surface area contributed by atoms with Gasteiger partial charge >= 0.3 is 0 Å². The molecule has 0 saturated carbocycles. The van der Waals surface area contributed by atoms with E-state index in [1.807, 2.05) is 37.4 Å². The van der Waals surface area contributed by atoms with Gasteiger partial charge in [0.15, 0.2) is 5.65 Å². The lowest BCUT2D eigenvalue weighted by Crippen LogP contribution is -1.93. The van der Waals surface area contributed by atoms with Crippen LogP contribution in [-0.2, 0) is 0 Å². The Morgan fingerprint density at radius 2 is 1.94 bits per heavy atom. The maximum absolute atomic E-state index is 5.80. The third-order valence-corrected chi connectivity index (χ3v) is 2.85. The Morgan fingerprint density at radius 1 is 1.11 bits per heavy atom. The van der Waals surface area contributed by atoms with E-state index in [1.165, 1.54) is 0 Å². The number of nitrogens with two attached hydrogens (primary N) is 2. The Bertz CT molecular complexity index is 729. The van der Waals surface area contributed by atoms with E-state index in [-0.39, 0.29) is 5.95 Å². The predicted molar refractivity (Wildman–Crippen MR) is 72.0 cm³/mol. The summed E-state index contributed by atoms with van der Waals surface area (Å²) in [5.74, 6) is 0.280. The van der Waals surface area contributed by atoms with Gasteiger partial charge < -0.3 is 11.5 Å². The molecule has 0 saturated heterocycles. The number of pyridine rings is 1. The average Bonchev–Trinajstić information content (AvgIpc) is 2.70. The monoisotopic (exact) mass is 239 g/mol. The zero-order valence-electron chi connectivity index (χ0n) is 9.96. The van der Waals surface area contributed by atoms with Gasteiger partial charge in [-0.15, -0.1) is 5.10 Å². The van der Waals surface area contributed by atoms with Crippen LogP contribution in [0.25, 0.3) is 16.8 Å². The molecule has 0 amide bonds. The normalized spacial score (nSPS) is 10.9. The SMILES string of the molecule is Cc1cc(-c2cccc(N)c2)cn2nc(N)nc12. The Labute approximate surface area is 104 Å². The fraction of sp³-hybridized carbons (Fsp3) is 0.0769. The van der Waals surface area contributed by atoms with Crippen LogP contribution in [0.3, 0.4) is 0 Å². The minimum Gasteiger partial charge on any atom is -0.399 e. The van der Waals surface area contributed by atoms with Crippen molar-refractivity contribution in [2.45, 2.75) is 6.92 Å². The molecule has 0 spiro atoms. The summed E-state index contributed by atoms with van der Waals surface area (Å²) in [6, 6.07) is 9.79. The third kappa shape index (κ3) is 1.66. The first-order chi connectivity index (χ1) is 8.63. The van der Waals surface area contributed by atoms with Crippen molar-refractivity contribution in [3.63, 3.8) is 0 Å². The zero-order valence-corrected chi connectivity index (χ0v) is 9.96. The molecule has 1 aromatic carbocycles. The molecular formula is C13H13N5. The van der Waals surface area contributed by atoms with Gasteiger partial charge in [-0.2, -0.15) is 4.98 Å². The fourth-order valence-electron chi connectivity index (χ4n) is 2.04. The van der Waals surface area contributed by atoms with Gasteiger partial charge in [0.25, 0.3) is 0 Å². The van der Waals surface area contributed by atoms with Crippen LogP contribution in [0.1, 0.15) is 5.56 Å². The highest BCUT2D eigenvalue weighted by Crippen LogP contribution is 2.23. The van der Waals surface area contributed by atoms with Crippen LogP contribution in [0.4, 0.5) is 11.6 Å². The van der Waals surface area contributed by atoms with E-state index < -0.39 is 0 Å². The second-order valence-electron chi connectivity index (χ2n) is 4.28. The van der Waals surface area contributed by atoms with E-state index >= 15 is 0 Å². The Hall–Kier alpha value is -2.56. The molecule has 3 aromatic rings. The van der Waals surface area contributed by atoms with Crippen LogP contribution in [0.2, 0.25) is 0 Å². The van der Waals surface area contributed by atoms with Gasteiger partial charge in [0, 0.05) is 17.4 Å². The van der Waals surface area contributed by atoms with Crippen molar-refractivity contribution in [1.29, 1.82) is 0 Å². The molecule has 18 heavy (non-hydrogen) atoms. The molecule has 5 heteroatoms. The van der Waals surface area contributed by atoms with Crippen LogP contribution in [0.5, 0.6) is 0 Å². The van der Waals surface area contributed by atoms with Crippen LogP contribution < -0.4 is 11.5 Å². The highest BCUT2D eigenvalue weighted by atomic mass is 15.3. The molecule has 4 N–H and O–H groups in total. The lowest BCUT2D eigenvalue weighted by Gasteiger charge is -2.05. The van der Waals surface area contributed by atoms with Gasteiger partial charge in [0.05, 0.1) is 0 Å². The summed E-state index contributed by atoms with van der Waals surface area (Å²) in [7, 11) is 0. The number of hydrogen-bond acceptors (Lipinski definition) is 4. The summed E-state index contributed by atoms with van der Waals surface area (Å²) >= 11 is 0. The number of hydrogen-bond donors (Lipinski definition) is 2. The standard InChI is InChI=1S/C13H13N5/c1-8-5-10(9-3-2-4-11(14)6-9)7-18-12(8)16-13(15)17-18/h2-7H,14H2,1H3,(H2,15,17). The summed E-state index contributed by atoms with van der Waals surface area (Å²) in [6.07, 6.45) is 1.90. The molecule has 0 aliphatic carbocycles. The van der Waals surface area contributed by atoms with Gasteiger partial charge in [-0.1, -0.05) is 12.1 Å². The van der Waals surface area contributed by atoms with Crippen LogP contribution in [0.15, 0.2) is 36.5 Å². The number of nitrogen functional groups attached to an aromatic ring is 2. The highest BCUT2D eigenvalue weighted by Gasteiger charge is 2.07. The zero-order chi connectivity index (χ0) is 12.7. The lowest BCUT2D eigenvalue weighted by molar-refractivity contribution is 0.964. The van der Waals surface area contributed by atoms with Crippen molar-refractivity contribution in [2.75, 3.05) is 11.5 Å². The second-order valence-corrected chi connectivity index (χ2v) is 4.28. The van der Waals surface area contributed by atoms with Gasteiger partial charge in [0.2, 0.25) is 5.95 Å². The molecule has 0 radical (unpaired) electrons. The van der Waals surface area contributed by atoms with Crippen molar-refractivity contribution < 1.29 is 0 Å². The molecule has 2 aromatic heterocycles. The number of nitrogens with zero attached hydrogens (tertiary/aromatic N) is 3. The number of rotatable bonds is 1. The van der Waals surface area contributed by atoms with E-state index in [2.05, 4.69) is 16.1 Å². The number of anilines is 2. The molecule has 0 aliphatic heterocycles. The van der Waals surface area contributed by atoms with Gasteiger partial charge in [0.1, 0.15) is 0 Å². The van der Waals surface area contributed by atoms with E-state index in [1.54, 1.807) is 4.52 Å². The maximum Gasteiger partial charge on any atom is 0.240 e. The first-order valence-electron chi connectivity index (χ1n) is 5.62. The molecule has 90 valence electrons. The van der Waals surface area contributed by atoms with Crippen LogP contribution >= 0.6 is 0 Å². The van der Waals surface area contributed by atoms with Crippen LogP contribution in [-0.4, -0.2) is 14.6 Å². The van der Waals surface area contributed by atoms with Crippen LogP contribution in [0, 0.1) is 6.92 Å². The molecule has 0 fully saturated rings. The van der Waals surface area contributed by atoms with E-state index in [0.29, 0.717) is 0 Å². The third-order valence-electron chi connectivity index (χ3n) is 2.85. The summed E-state index contributed by atoms with van der Waals surface area (Å²) < 4.78 is 1.70. The van der Waals surface area contributed by atoms with Crippen molar-refractivity contribution in [1.82, 2.24) is 14.6 Å². The summed E-state index contributed by atoms with van der Waals surface area (Å²) in [5, 5.41) is 4.13. The molecule has 3 rings (SSSR count). The number of aryl methyl sites for hydroxylation is 1. The maximum atomic E-state index is 5.80. The van der Waals surface area contributed by atoms with Crippen molar-refractivity contribution in [3.8, 4) is 11.1 Å². The molecule has 0 unspecified atom stereocenters. The summed E-state index contributed by atoms with van der Waals surface area (Å²) in [4.78, 5) is 4.17. The quantitative estimate of drug-likeness (QED) is 0.635. The second kappa shape index (κ2) is 3.73. The lowest BCUT2D eigenvalue weighted by atomic mass is 10.1. The first-order valence-corrected chi connectivity index (χ1v) is 5.62. The van der Waals surface area contributed by atoms with Gasteiger partial charge in [-0.3, -0.25) is 0 Å². The smallest absolute Gasteiger partial charge is 0.240 e. The topological polar surface area (TPSA) is 82.2 Å². The molecule has 5 nitrogen and oxygen atoms in total. The van der Waals surface area contributed by atoms with Crippen molar-refractivity contribution in [2.24, 2.45) is 0 Å². The van der Waals surface area contributed by atoms with E-state index in [9.17, 15) is 0 Å². The molecule has 0 aliphatic rings. The molecule has 2 heterocycles. The van der Waals surface area contributed by atoms with Gasteiger partial charge in [-0.25, -0.2) is 4.52 Å². The van der Waals surface area contributed by atoms with Crippen molar-refractivity contribution in [3.05, 3.63) is 42.1 Å². The van der Waals surface area contributed by atoms with E-state index in [4.69, 9.17) is 11.5 Å². The van der Waals surface area contributed by atoms with Gasteiger partial charge in [-0.05, 0) is 36.2 Å². The predicted octanol–water partition coefficient (Wildman–Crippen LogP) is 1.87. The Balaban J connectivity index is 2.24. The molecular weight excluding hydrogens is 226 g/mol. The Kier molecular flexibility index (Phi) is 2.19. The Morgan fingerprint density at radius 3 is 2.72 bits per heavy atom. The minimum atomic E-state index is 0.280. The summed E-state index contributed by atoms with van der Waals surface area (Å²) in [6.45, 7) is 1.99. The number of aromatic nitrogens is 3. The minimum absolute atomic E-state index is 0.280. The first kappa shape index (κ1) is 10.6.